The van der Waals surface area contributed by atoms with Gasteiger partial charge in [0.2, 0.25) is 5.88 Å². The Kier molecular flexibility index (Phi) is 8.61. The third-order valence-electron chi connectivity index (χ3n) is 8.63. The molecule has 2 aromatic heterocycles. The summed E-state index contributed by atoms with van der Waals surface area (Å²) in [6.07, 6.45) is -2.87. The van der Waals surface area contributed by atoms with Crippen LogP contribution in [0.5, 0.6) is 11.9 Å². The Balaban J connectivity index is 1.52. The van der Waals surface area contributed by atoms with Crippen LogP contribution >= 0.6 is 0 Å². The molecule has 0 spiro atoms. The first-order chi connectivity index (χ1) is 21.4. The van der Waals surface area contributed by atoms with Crippen LogP contribution in [-0.2, 0) is 10.9 Å². The summed E-state index contributed by atoms with van der Waals surface area (Å²) in [5, 5.41) is 6.41. The van der Waals surface area contributed by atoms with Crippen LogP contribution < -0.4 is 25.8 Å². The van der Waals surface area contributed by atoms with Crippen LogP contribution in [0.2, 0.25) is 0 Å². The zero-order valence-corrected chi connectivity index (χ0v) is 25.2. The lowest BCUT2D eigenvalue weighted by Gasteiger charge is -2.37. The highest BCUT2D eigenvalue weighted by atomic mass is 19.4. The summed E-state index contributed by atoms with van der Waals surface area (Å²) >= 11 is 0. The fraction of sp³-hybridized carbons (Fsp3) is 0.567. The van der Waals surface area contributed by atoms with E-state index in [9.17, 15) is 17.6 Å². The molecule has 0 aliphatic carbocycles. The fourth-order valence-corrected chi connectivity index (χ4v) is 6.57. The number of aromatic nitrogens is 3. The van der Waals surface area contributed by atoms with Crippen LogP contribution in [0.4, 0.5) is 33.5 Å². The molecule has 0 bridgehead atoms. The number of halogens is 5. The Morgan fingerprint density at radius 2 is 1.93 bits per heavy atom. The van der Waals surface area contributed by atoms with Gasteiger partial charge in [-0.3, -0.25) is 10.2 Å². The summed E-state index contributed by atoms with van der Waals surface area (Å²) < 4.78 is 92.2. The highest BCUT2D eigenvalue weighted by Gasteiger charge is 2.40. The van der Waals surface area contributed by atoms with Gasteiger partial charge >= 0.3 is 12.2 Å². The molecule has 15 heteroatoms. The summed E-state index contributed by atoms with van der Waals surface area (Å²) in [6, 6.07) is 0.780. The van der Waals surface area contributed by atoms with Crippen LogP contribution in [-0.4, -0.2) is 77.6 Å². The molecule has 0 amide bonds. The molecule has 244 valence electrons. The first-order valence-corrected chi connectivity index (χ1v) is 15.1. The predicted molar refractivity (Wildman–Crippen MR) is 157 cm³/mol. The molecule has 3 aliphatic rings. The Labute approximate surface area is 256 Å². The van der Waals surface area contributed by atoms with Gasteiger partial charge in [0.05, 0.1) is 43.3 Å². The molecular weight excluding hydrogens is 601 g/mol. The van der Waals surface area contributed by atoms with Gasteiger partial charge in [0.1, 0.15) is 34.8 Å². The minimum Gasteiger partial charge on any atom is -0.474 e. The van der Waals surface area contributed by atoms with Gasteiger partial charge in [0, 0.05) is 11.6 Å². The number of rotatable bonds is 4. The van der Waals surface area contributed by atoms with Gasteiger partial charge in [0.25, 0.3) is 0 Å². The zero-order chi connectivity index (χ0) is 32.0. The average molecular weight is 638 g/mol. The summed E-state index contributed by atoms with van der Waals surface area (Å²) in [4.78, 5) is 15.4. The molecule has 0 radical (unpaired) electrons. The van der Waals surface area contributed by atoms with E-state index < -0.39 is 52.0 Å². The van der Waals surface area contributed by atoms with Gasteiger partial charge < -0.3 is 25.3 Å². The molecule has 10 nitrogen and oxygen atoms in total. The second kappa shape index (κ2) is 12.3. The predicted octanol–water partition coefficient (Wildman–Crippen LogP) is 4.89. The minimum atomic E-state index is -5.05. The van der Waals surface area contributed by atoms with E-state index in [1.807, 2.05) is 6.92 Å². The van der Waals surface area contributed by atoms with E-state index in [1.165, 1.54) is 0 Å². The maximum atomic E-state index is 16.6. The molecule has 2 saturated heterocycles. The number of morpholine rings is 1. The third kappa shape index (κ3) is 6.17. The molecule has 1 unspecified atom stereocenters. The molecule has 0 saturated carbocycles. The number of hydrogen-bond acceptors (Lipinski definition) is 10. The van der Waals surface area contributed by atoms with Crippen molar-refractivity contribution < 1.29 is 36.2 Å². The van der Waals surface area contributed by atoms with E-state index in [0.717, 1.165) is 32.4 Å². The Morgan fingerprint density at radius 1 is 1.13 bits per heavy atom. The summed E-state index contributed by atoms with van der Waals surface area (Å²) in [5.41, 5.74) is 1.17. The third-order valence-corrected chi connectivity index (χ3v) is 8.63. The van der Waals surface area contributed by atoms with E-state index in [-0.39, 0.29) is 53.8 Å². The largest absolute Gasteiger partial charge is 0.474 e. The molecule has 4 N–H and O–H groups in total. The van der Waals surface area contributed by atoms with Crippen LogP contribution in [0, 0.1) is 24.5 Å². The number of anilines is 2. The van der Waals surface area contributed by atoms with Gasteiger partial charge in [-0.05, 0) is 63.7 Å². The Hall–Kier alpha value is -3.56. The highest BCUT2D eigenvalue weighted by molar-refractivity contribution is 5.96. The standard InChI is InChI=1S/C30H36F5N7O3/c1-14-7-15(2)45-28-21-26(24(32)25(39-28)19-8-20(36)23(31)16(3)22(19)30(33,34)35)40-29(41-27(21)38-13-37-9-14)44-12-18-11-43-10-17-5-4-6-42(17)18/h8,14-15,17-18,37H,4-7,9-13,36H2,1-3H3,(H,38,40,41)/t14?,15-,17+,18-/m0/s1. The van der Waals surface area contributed by atoms with E-state index in [0.29, 0.717) is 32.2 Å². The maximum Gasteiger partial charge on any atom is 0.417 e. The maximum absolute atomic E-state index is 16.6. The highest BCUT2D eigenvalue weighted by Crippen LogP contribution is 2.45. The number of benzene rings is 1. The van der Waals surface area contributed by atoms with Crippen molar-refractivity contribution in [1.82, 2.24) is 25.2 Å². The van der Waals surface area contributed by atoms with Gasteiger partial charge in [-0.1, -0.05) is 6.92 Å². The van der Waals surface area contributed by atoms with Crippen molar-refractivity contribution in [2.75, 3.05) is 50.6 Å². The number of hydrogen-bond donors (Lipinski definition) is 3. The minimum absolute atomic E-state index is 0.0350. The summed E-state index contributed by atoms with van der Waals surface area (Å²) in [6.45, 7) is 7.77. The second-order valence-electron chi connectivity index (χ2n) is 12.1. The lowest BCUT2D eigenvalue weighted by atomic mass is 9.96. The first kappa shape index (κ1) is 31.4. The van der Waals surface area contributed by atoms with Crippen molar-refractivity contribution >= 4 is 22.4 Å². The Bertz CT molecular complexity index is 1590. The number of nitrogens with one attached hydrogen (secondary N) is 2. The number of alkyl halides is 3. The van der Waals surface area contributed by atoms with Crippen LogP contribution in [0.15, 0.2) is 6.07 Å². The summed E-state index contributed by atoms with van der Waals surface area (Å²) in [5.74, 6) is -2.32. The molecule has 5 heterocycles. The van der Waals surface area contributed by atoms with Gasteiger partial charge in [-0.15, -0.1) is 0 Å². The average Bonchev–Trinajstić information content (AvgIpc) is 3.46. The number of fused-ring (bicyclic) bond motifs is 1. The SMILES string of the molecule is Cc1c(F)c(N)cc(-c2nc3c4c(nc(OC[C@@H]5COC[C@H]6CCCN65)nc4c2F)NCNCC(C)C[C@H](C)O3)c1C(F)(F)F. The Morgan fingerprint density at radius 3 is 2.71 bits per heavy atom. The van der Waals surface area contributed by atoms with Gasteiger partial charge in [-0.25, -0.2) is 13.8 Å². The number of nitrogen functional groups attached to an aromatic ring is 1. The second-order valence-corrected chi connectivity index (χ2v) is 12.1. The molecule has 4 atom stereocenters. The number of ether oxygens (including phenoxy) is 3. The summed E-state index contributed by atoms with van der Waals surface area (Å²) in [7, 11) is 0. The normalized spacial score (nSPS) is 24.4. The van der Waals surface area contributed by atoms with Crippen molar-refractivity contribution in [2.45, 2.75) is 64.4 Å². The molecule has 3 aromatic rings. The topological polar surface area (TPSA) is 120 Å². The quantitative estimate of drug-likeness (QED) is 0.270. The molecule has 6 rings (SSSR count). The van der Waals surface area contributed by atoms with Crippen LogP contribution in [0.25, 0.3) is 22.2 Å². The fourth-order valence-electron chi connectivity index (χ4n) is 6.57. The number of pyridine rings is 1. The van der Waals surface area contributed by atoms with Crippen LogP contribution in [0.3, 0.4) is 0 Å². The molecular formula is C30H36F5N7O3. The monoisotopic (exact) mass is 637 g/mol. The van der Waals surface area contributed by atoms with E-state index >= 15 is 4.39 Å². The lowest BCUT2D eigenvalue weighted by molar-refractivity contribution is -0.137. The van der Waals surface area contributed by atoms with Crippen molar-refractivity contribution in [1.29, 1.82) is 0 Å². The smallest absolute Gasteiger partial charge is 0.417 e. The van der Waals surface area contributed by atoms with E-state index in [4.69, 9.17) is 19.9 Å². The molecule has 45 heavy (non-hydrogen) atoms. The van der Waals surface area contributed by atoms with Crippen molar-refractivity contribution in [3.63, 3.8) is 0 Å². The van der Waals surface area contributed by atoms with Crippen molar-refractivity contribution in [3.8, 4) is 23.1 Å². The van der Waals surface area contributed by atoms with Crippen LogP contribution in [0.1, 0.15) is 44.2 Å². The van der Waals surface area contributed by atoms with Gasteiger partial charge in [-0.2, -0.15) is 23.1 Å². The number of nitrogens with zero attached hydrogens (tertiary/aromatic N) is 4. The van der Waals surface area contributed by atoms with E-state index in [1.54, 1.807) is 6.92 Å². The molecule has 3 aliphatic heterocycles. The lowest BCUT2D eigenvalue weighted by Crippen LogP contribution is -2.51. The van der Waals surface area contributed by atoms with Crippen molar-refractivity contribution in [3.05, 3.63) is 28.8 Å². The van der Waals surface area contributed by atoms with Gasteiger partial charge in [0.15, 0.2) is 5.82 Å². The number of nitrogens with two attached hydrogens (primary N) is 1. The first-order valence-electron chi connectivity index (χ1n) is 15.1. The van der Waals surface area contributed by atoms with Crippen molar-refractivity contribution in [2.24, 2.45) is 5.92 Å². The molecule has 1 aromatic carbocycles. The van der Waals surface area contributed by atoms with E-state index in [2.05, 4.69) is 30.5 Å². The zero-order valence-electron chi connectivity index (χ0n) is 25.2. The molecule has 2 fully saturated rings.